The van der Waals surface area contributed by atoms with Gasteiger partial charge >= 0.3 is 6.09 Å². The number of amides is 3. The summed E-state index contributed by atoms with van der Waals surface area (Å²) in [4.78, 5) is 52.6. The fraction of sp³-hybridized carbons (Fsp3) is 0.697. The summed E-state index contributed by atoms with van der Waals surface area (Å²) in [7, 11) is 0. The van der Waals surface area contributed by atoms with E-state index in [-0.39, 0.29) is 24.5 Å². The molecule has 4 atom stereocenters. The molecule has 0 aromatic heterocycles. The molecule has 236 valence electrons. The zero-order chi connectivity index (χ0) is 31.3. The summed E-state index contributed by atoms with van der Waals surface area (Å²) in [5.74, 6) is -0.864. The van der Waals surface area contributed by atoms with Crippen molar-refractivity contribution < 1.29 is 29.0 Å². The van der Waals surface area contributed by atoms with E-state index < -0.39 is 47.7 Å². The fourth-order valence-corrected chi connectivity index (χ4v) is 5.43. The van der Waals surface area contributed by atoms with E-state index in [1.165, 1.54) is 6.42 Å². The van der Waals surface area contributed by atoms with Gasteiger partial charge in [0.25, 0.3) is 0 Å². The van der Waals surface area contributed by atoms with Gasteiger partial charge < -0.3 is 25.8 Å². The normalized spacial score (nSPS) is 17.0. The Balaban J connectivity index is 2.24. The maximum absolute atomic E-state index is 13.7. The third-order valence-corrected chi connectivity index (χ3v) is 7.48. The quantitative estimate of drug-likeness (QED) is 0.232. The molecule has 9 heteroatoms. The number of hydrogen-bond donors (Lipinski definition) is 4. The number of carbonyl (C=O) groups is 4. The van der Waals surface area contributed by atoms with Gasteiger partial charge in [-0.25, -0.2) is 4.79 Å². The molecule has 0 bridgehead atoms. The third kappa shape index (κ3) is 12.9. The molecule has 0 aliphatic heterocycles. The van der Waals surface area contributed by atoms with Crippen molar-refractivity contribution in [1.29, 1.82) is 0 Å². The summed E-state index contributed by atoms with van der Waals surface area (Å²) in [5.41, 5.74) is 0.0880. The monoisotopic (exact) mass is 587 g/mol. The molecule has 9 nitrogen and oxygen atoms in total. The fourth-order valence-electron chi connectivity index (χ4n) is 5.43. The van der Waals surface area contributed by atoms with E-state index in [0.717, 1.165) is 31.2 Å². The smallest absolute Gasteiger partial charge is 0.408 e. The van der Waals surface area contributed by atoms with Gasteiger partial charge in [-0.2, -0.15) is 0 Å². The molecule has 1 aromatic carbocycles. The Kier molecular flexibility index (Phi) is 14.5. The SMILES string of the molecule is CCCC(=O)[C@H](O)[C@H](CC1CCCCC1)NC(=O)[C@H](CC(C)C)NC(=O)[C@H](Cc1ccccc1)NC(=O)OC(C)(C)C. The number of ether oxygens (including phenoxy) is 1. The molecule has 1 aliphatic carbocycles. The Morgan fingerprint density at radius 3 is 2.12 bits per heavy atom. The lowest BCUT2D eigenvalue weighted by Crippen LogP contribution is -2.58. The maximum Gasteiger partial charge on any atom is 0.408 e. The minimum absolute atomic E-state index is 0.0656. The molecule has 2 rings (SSSR count). The van der Waals surface area contributed by atoms with Crippen molar-refractivity contribution in [1.82, 2.24) is 16.0 Å². The molecule has 0 radical (unpaired) electrons. The molecular weight excluding hydrogens is 534 g/mol. The van der Waals surface area contributed by atoms with E-state index in [1.54, 1.807) is 20.8 Å². The molecule has 1 aromatic rings. The second kappa shape index (κ2) is 17.2. The Hall–Kier alpha value is -2.94. The summed E-state index contributed by atoms with van der Waals surface area (Å²) < 4.78 is 5.40. The van der Waals surface area contributed by atoms with Crippen molar-refractivity contribution >= 4 is 23.7 Å². The third-order valence-electron chi connectivity index (χ3n) is 7.48. The van der Waals surface area contributed by atoms with Crippen LogP contribution in [0.3, 0.4) is 0 Å². The van der Waals surface area contributed by atoms with Crippen molar-refractivity contribution in [3.8, 4) is 0 Å². The van der Waals surface area contributed by atoms with Crippen LogP contribution in [0.25, 0.3) is 0 Å². The Bertz CT molecular complexity index is 1000. The van der Waals surface area contributed by atoms with Gasteiger partial charge in [-0.1, -0.05) is 83.2 Å². The first-order valence-electron chi connectivity index (χ1n) is 15.6. The molecular formula is C33H53N3O6. The lowest BCUT2D eigenvalue weighted by atomic mass is 9.83. The number of hydrogen-bond acceptors (Lipinski definition) is 6. The highest BCUT2D eigenvalue weighted by molar-refractivity contribution is 5.92. The standard InChI is InChI=1S/C33H53N3O6/c1-7-14-28(37)29(38)25(20-23-15-10-8-11-16-23)34-30(39)26(19-22(2)3)35-31(40)27(21-24-17-12-9-13-18-24)36-32(41)42-33(4,5)6/h9,12-13,17-18,22-23,25-27,29,38H,7-8,10-11,14-16,19-21H2,1-6H3,(H,34,39)(H,35,40)(H,36,41)/t25-,26-,27-,29+/m0/s1. The van der Waals surface area contributed by atoms with Crippen LogP contribution in [0.4, 0.5) is 4.79 Å². The second-order valence-electron chi connectivity index (χ2n) is 13.1. The predicted molar refractivity (Wildman–Crippen MR) is 164 cm³/mol. The van der Waals surface area contributed by atoms with Crippen LogP contribution < -0.4 is 16.0 Å². The number of aliphatic hydroxyl groups is 1. The van der Waals surface area contributed by atoms with Crippen LogP contribution in [0, 0.1) is 11.8 Å². The predicted octanol–water partition coefficient (Wildman–Crippen LogP) is 4.84. The van der Waals surface area contributed by atoms with Crippen molar-refractivity contribution in [3.63, 3.8) is 0 Å². The van der Waals surface area contributed by atoms with E-state index in [1.807, 2.05) is 51.1 Å². The maximum atomic E-state index is 13.7. The Morgan fingerprint density at radius 1 is 0.929 bits per heavy atom. The molecule has 0 spiro atoms. The van der Waals surface area contributed by atoms with Gasteiger partial charge in [0.2, 0.25) is 11.8 Å². The molecule has 1 aliphatic rings. The van der Waals surface area contributed by atoms with Crippen molar-refractivity contribution in [2.45, 2.75) is 136 Å². The van der Waals surface area contributed by atoms with Gasteiger partial charge in [0, 0.05) is 12.8 Å². The average molecular weight is 588 g/mol. The molecule has 1 saturated carbocycles. The van der Waals surface area contributed by atoms with Gasteiger partial charge in [-0.15, -0.1) is 0 Å². The first kappa shape index (κ1) is 35.3. The van der Waals surface area contributed by atoms with E-state index in [4.69, 9.17) is 4.74 Å². The van der Waals surface area contributed by atoms with E-state index in [2.05, 4.69) is 16.0 Å². The first-order chi connectivity index (χ1) is 19.8. The van der Waals surface area contributed by atoms with Crippen LogP contribution in [0.15, 0.2) is 30.3 Å². The van der Waals surface area contributed by atoms with Crippen LogP contribution in [-0.4, -0.2) is 58.6 Å². The minimum Gasteiger partial charge on any atom is -0.444 e. The van der Waals surface area contributed by atoms with Crippen molar-refractivity contribution in [2.75, 3.05) is 0 Å². The highest BCUT2D eigenvalue weighted by Gasteiger charge is 2.34. The number of Topliss-reactive ketones (excluding diaryl/α,β-unsaturated/α-hetero) is 1. The minimum atomic E-state index is -1.30. The van der Waals surface area contributed by atoms with E-state index in [0.29, 0.717) is 25.2 Å². The van der Waals surface area contributed by atoms with Gasteiger partial charge in [-0.05, 0) is 57.4 Å². The Morgan fingerprint density at radius 2 is 1.55 bits per heavy atom. The van der Waals surface area contributed by atoms with Crippen LogP contribution >= 0.6 is 0 Å². The number of benzene rings is 1. The molecule has 42 heavy (non-hydrogen) atoms. The summed E-state index contributed by atoms with van der Waals surface area (Å²) in [6.07, 6.45) is 5.27. The number of carbonyl (C=O) groups excluding carboxylic acids is 4. The topological polar surface area (TPSA) is 134 Å². The number of aliphatic hydroxyl groups excluding tert-OH is 1. The van der Waals surface area contributed by atoms with Crippen molar-refractivity contribution in [2.24, 2.45) is 11.8 Å². The molecule has 0 saturated heterocycles. The van der Waals surface area contributed by atoms with Crippen LogP contribution in [0.2, 0.25) is 0 Å². The first-order valence-corrected chi connectivity index (χ1v) is 15.6. The Labute approximate surface area is 251 Å². The molecule has 0 unspecified atom stereocenters. The van der Waals surface area contributed by atoms with Gasteiger partial charge in [0.15, 0.2) is 5.78 Å². The summed E-state index contributed by atoms with van der Waals surface area (Å²) >= 11 is 0. The number of nitrogens with one attached hydrogen (secondary N) is 3. The molecule has 4 N–H and O–H groups in total. The largest absolute Gasteiger partial charge is 0.444 e. The van der Waals surface area contributed by atoms with Crippen molar-refractivity contribution in [3.05, 3.63) is 35.9 Å². The summed E-state index contributed by atoms with van der Waals surface area (Å²) in [5, 5.41) is 19.4. The average Bonchev–Trinajstić information content (AvgIpc) is 2.91. The zero-order valence-electron chi connectivity index (χ0n) is 26.4. The van der Waals surface area contributed by atoms with Crippen LogP contribution in [0.5, 0.6) is 0 Å². The van der Waals surface area contributed by atoms with E-state index >= 15 is 0 Å². The van der Waals surface area contributed by atoms with Crippen LogP contribution in [-0.2, 0) is 25.5 Å². The number of rotatable bonds is 15. The highest BCUT2D eigenvalue weighted by Crippen LogP contribution is 2.28. The summed E-state index contributed by atoms with van der Waals surface area (Å²) in [6.45, 7) is 11.0. The number of ketones is 1. The zero-order valence-corrected chi connectivity index (χ0v) is 26.4. The molecule has 3 amide bonds. The lowest BCUT2D eigenvalue weighted by Gasteiger charge is -2.31. The lowest BCUT2D eigenvalue weighted by molar-refractivity contribution is -0.134. The van der Waals surface area contributed by atoms with Gasteiger partial charge in [-0.3, -0.25) is 14.4 Å². The second-order valence-corrected chi connectivity index (χ2v) is 13.1. The summed E-state index contributed by atoms with van der Waals surface area (Å²) in [6, 6.07) is 6.66. The van der Waals surface area contributed by atoms with Gasteiger partial charge in [0.1, 0.15) is 23.8 Å². The van der Waals surface area contributed by atoms with Gasteiger partial charge in [0.05, 0.1) is 6.04 Å². The molecule has 0 heterocycles. The number of alkyl carbamates (subject to hydrolysis) is 1. The van der Waals surface area contributed by atoms with E-state index in [9.17, 15) is 24.3 Å². The highest BCUT2D eigenvalue weighted by atomic mass is 16.6. The van der Waals surface area contributed by atoms with Crippen LogP contribution in [0.1, 0.15) is 105 Å². The molecule has 1 fully saturated rings.